The number of benzene rings is 1. The molecular formula is C15H20BrNO2. The fourth-order valence-electron chi connectivity index (χ4n) is 2.58. The number of ketones is 1. The molecule has 1 aromatic carbocycles. The van der Waals surface area contributed by atoms with Crippen molar-refractivity contribution >= 4 is 27.4 Å². The van der Waals surface area contributed by atoms with Crippen molar-refractivity contribution < 1.29 is 9.53 Å². The number of halogens is 1. The number of piperidine rings is 1. The van der Waals surface area contributed by atoms with E-state index in [1.54, 1.807) is 14.0 Å². The van der Waals surface area contributed by atoms with E-state index >= 15 is 0 Å². The molecule has 1 aliphatic rings. The van der Waals surface area contributed by atoms with Gasteiger partial charge in [-0.15, -0.1) is 0 Å². The second-order valence-electron chi connectivity index (χ2n) is 5.11. The molecule has 0 radical (unpaired) electrons. The summed E-state index contributed by atoms with van der Waals surface area (Å²) in [5.41, 5.74) is 1.94. The summed E-state index contributed by atoms with van der Waals surface area (Å²) >= 11 is 3.48. The Bertz CT molecular complexity index is 453. The number of anilines is 1. The molecule has 1 heterocycles. The highest BCUT2D eigenvalue weighted by Crippen LogP contribution is 2.28. The SMILES string of the molecule is COCC1CCN(c2ccc(C(C)=O)c(Br)c2)CC1. The van der Waals surface area contributed by atoms with Crippen molar-refractivity contribution in [2.75, 3.05) is 31.7 Å². The number of nitrogens with zero attached hydrogens (tertiary/aromatic N) is 1. The lowest BCUT2D eigenvalue weighted by Crippen LogP contribution is -2.35. The first kappa shape index (κ1) is 14.5. The number of Topliss-reactive ketones (excluding diaryl/α,β-unsaturated/α-hetero) is 1. The van der Waals surface area contributed by atoms with E-state index in [1.165, 1.54) is 18.5 Å². The summed E-state index contributed by atoms with van der Waals surface area (Å²) in [4.78, 5) is 13.8. The Hall–Kier alpha value is -0.870. The topological polar surface area (TPSA) is 29.5 Å². The minimum absolute atomic E-state index is 0.0947. The van der Waals surface area contributed by atoms with E-state index in [9.17, 15) is 4.79 Å². The van der Waals surface area contributed by atoms with Crippen LogP contribution >= 0.6 is 15.9 Å². The van der Waals surface area contributed by atoms with Gasteiger partial charge in [0, 0.05) is 42.5 Å². The number of hydrogen-bond acceptors (Lipinski definition) is 3. The molecule has 2 rings (SSSR count). The second-order valence-corrected chi connectivity index (χ2v) is 5.96. The maximum atomic E-state index is 11.4. The van der Waals surface area contributed by atoms with Crippen molar-refractivity contribution in [3.05, 3.63) is 28.2 Å². The number of ether oxygens (including phenoxy) is 1. The van der Waals surface area contributed by atoms with Crippen LogP contribution in [-0.4, -0.2) is 32.6 Å². The van der Waals surface area contributed by atoms with Crippen molar-refractivity contribution in [1.82, 2.24) is 0 Å². The molecule has 0 spiro atoms. The van der Waals surface area contributed by atoms with Crippen LogP contribution in [-0.2, 0) is 4.74 Å². The van der Waals surface area contributed by atoms with Gasteiger partial charge in [0.25, 0.3) is 0 Å². The highest BCUT2D eigenvalue weighted by Gasteiger charge is 2.20. The third kappa shape index (κ3) is 3.57. The normalized spacial score (nSPS) is 16.7. The van der Waals surface area contributed by atoms with E-state index in [1.807, 2.05) is 18.2 Å². The molecule has 4 heteroatoms. The van der Waals surface area contributed by atoms with Crippen LogP contribution in [0.2, 0.25) is 0 Å². The Morgan fingerprint density at radius 2 is 2.11 bits per heavy atom. The molecule has 1 fully saturated rings. The molecule has 0 saturated carbocycles. The van der Waals surface area contributed by atoms with Crippen molar-refractivity contribution in [2.24, 2.45) is 5.92 Å². The Balaban J connectivity index is 2.04. The summed E-state index contributed by atoms with van der Waals surface area (Å²) in [6.45, 7) is 4.57. The zero-order valence-electron chi connectivity index (χ0n) is 11.5. The fraction of sp³-hybridized carbons (Fsp3) is 0.533. The van der Waals surface area contributed by atoms with Gasteiger partial charge in [0.2, 0.25) is 0 Å². The largest absolute Gasteiger partial charge is 0.384 e. The standard InChI is InChI=1S/C15H20BrNO2/c1-11(18)14-4-3-13(9-15(14)16)17-7-5-12(6-8-17)10-19-2/h3-4,9,12H,5-8,10H2,1-2H3. The van der Waals surface area contributed by atoms with Crippen molar-refractivity contribution in [2.45, 2.75) is 19.8 Å². The predicted molar refractivity (Wildman–Crippen MR) is 81.0 cm³/mol. The van der Waals surface area contributed by atoms with Gasteiger partial charge >= 0.3 is 0 Å². The molecular weight excluding hydrogens is 306 g/mol. The maximum Gasteiger partial charge on any atom is 0.160 e. The summed E-state index contributed by atoms with van der Waals surface area (Å²) < 4.78 is 6.11. The van der Waals surface area contributed by atoms with E-state index in [-0.39, 0.29) is 5.78 Å². The van der Waals surface area contributed by atoms with Gasteiger partial charge in [-0.05, 0) is 59.8 Å². The van der Waals surface area contributed by atoms with Crippen molar-refractivity contribution in [3.8, 4) is 0 Å². The first-order valence-electron chi connectivity index (χ1n) is 6.66. The number of carbonyl (C=O) groups is 1. The summed E-state index contributed by atoms with van der Waals surface area (Å²) in [5.74, 6) is 0.776. The van der Waals surface area contributed by atoms with Gasteiger partial charge in [-0.25, -0.2) is 0 Å². The van der Waals surface area contributed by atoms with Gasteiger partial charge in [0.05, 0.1) is 0 Å². The average Bonchev–Trinajstić information content (AvgIpc) is 2.39. The Morgan fingerprint density at radius 1 is 1.42 bits per heavy atom. The van der Waals surface area contributed by atoms with Crippen molar-refractivity contribution in [3.63, 3.8) is 0 Å². The highest BCUT2D eigenvalue weighted by atomic mass is 79.9. The number of hydrogen-bond donors (Lipinski definition) is 0. The maximum absolute atomic E-state index is 11.4. The molecule has 0 aliphatic carbocycles. The van der Waals surface area contributed by atoms with Gasteiger partial charge in [-0.3, -0.25) is 4.79 Å². The lowest BCUT2D eigenvalue weighted by molar-refractivity contribution is 0.101. The van der Waals surface area contributed by atoms with Crippen LogP contribution in [0, 0.1) is 5.92 Å². The van der Waals surface area contributed by atoms with Crippen LogP contribution < -0.4 is 4.90 Å². The van der Waals surface area contributed by atoms with Gasteiger partial charge in [0.1, 0.15) is 0 Å². The van der Waals surface area contributed by atoms with E-state index in [4.69, 9.17) is 4.74 Å². The molecule has 0 amide bonds. The number of carbonyl (C=O) groups excluding carboxylic acids is 1. The lowest BCUT2D eigenvalue weighted by Gasteiger charge is -2.33. The molecule has 0 unspecified atom stereocenters. The minimum Gasteiger partial charge on any atom is -0.384 e. The molecule has 3 nitrogen and oxygen atoms in total. The van der Waals surface area contributed by atoms with Crippen LogP contribution in [0.3, 0.4) is 0 Å². The van der Waals surface area contributed by atoms with E-state index in [2.05, 4.69) is 20.8 Å². The monoisotopic (exact) mass is 325 g/mol. The van der Waals surface area contributed by atoms with E-state index < -0.39 is 0 Å². The van der Waals surface area contributed by atoms with Gasteiger partial charge in [-0.1, -0.05) is 0 Å². The molecule has 1 aromatic rings. The summed E-state index contributed by atoms with van der Waals surface area (Å²) in [6, 6.07) is 5.99. The Morgan fingerprint density at radius 3 is 2.63 bits per heavy atom. The zero-order chi connectivity index (χ0) is 13.8. The van der Waals surface area contributed by atoms with Crippen LogP contribution in [0.1, 0.15) is 30.1 Å². The molecule has 1 saturated heterocycles. The van der Waals surface area contributed by atoms with E-state index in [0.717, 1.165) is 29.7 Å². The van der Waals surface area contributed by atoms with Gasteiger partial charge in [-0.2, -0.15) is 0 Å². The third-order valence-electron chi connectivity index (χ3n) is 3.71. The Labute approximate surface area is 123 Å². The fourth-order valence-corrected chi connectivity index (χ4v) is 3.23. The summed E-state index contributed by atoms with van der Waals surface area (Å²) in [7, 11) is 1.77. The van der Waals surface area contributed by atoms with E-state index in [0.29, 0.717) is 5.92 Å². The average molecular weight is 326 g/mol. The molecule has 1 aliphatic heterocycles. The Kier molecular flexibility index (Phi) is 4.99. The smallest absolute Gasteiger partial charge is 0.160 e. The predicted octanol–water partition coefficient (Wildman–Crippen LogP) is 3.51. The first-order valence-corrected chi connectivity index (χ1v) is 7.45. The lowest BCUT2D eigenvalue weighted by atomic mass is 9.97. The summed E-state index contributed by atoms with van der Waals surface area (Å²) in [6.07, 6.45) is 2.33. The molecule has 0 N–H and O–H groups in total. The van der Waals surface area contributed by atoms with Gasteiger partial charge < -0.3 is 9.64 Å². The van der Waals surface area contributed by atoms with Crippen LogP contribution in [0.5, 0.6) is 0 Å². The molecule has 104 valence electrons. The van der Waals surface area contributed by atoms with Crippen LogP contribution in [0.15, 0.2) is 22.7 Å². The van der Waals surface area contributed by atoms with Crippen LogP contribution in [0.4, 0.5) is 5.69 Å². The minimum atomic E-state index is 0.0947. The number of rotatable bonds is 4. The molecule has 0 atom stereocenters. The quantitative estimate of drug-likeness (QED) is 0.793. The molecule has 19 heavy (non-hydrogen) atoms. The summed E-state index contributed by atoms with van der Waals surface area (Å²) in [5, 5.41) is 0. The second kappa shape index (κ2) is 6.53. The third-order valence-corrected chi connectivity index (χ3v) is 4.37. The first-order chi connectivity index (χ1) is 9.11. The zero-order valence-corrected chi connectivity index (χ0v) is 13.1. The van der Waals surface area contributed by atoms with Gasteiger partial charge in [0.15, 0.2) is 5.78 Å². The number of methoxy groups -OCH3 is 1. The van der Waals surface area contributed by atoms with Crippen molar-refractivity contribution in [1.29, 1.82) is 0 Å². The highest BCUT2D eigenvalue weighted by molar-refractivity contribution is 9.10. The molecule has 0 aromatic heterocycles. The van der Waals surface area contributed by atoms with Crippen LogP contribution in [0.25, 0.3) is 0 Å². The molecule has 0 bridgehead atoms.